The number of benzene rings is 4. The fraction of sp³-hybridized carbons (Fsp3) is 0.206. The summed E-state index contributed by atoms with van der Waals surface area (Å²) >= 11 is 0. The number of fused-ring (bicyclic) bond motifs is 3. The van der Waals surface area contributed by atoms with Crippen LogP contribution in [0.2, 0.25) is 0 Å². The summed E-state index contributed by atoms with van der Waals surface area (Å²) in [6, 6.07) is 32.3. The fourth-order valence-electron chi connectivity index (χ4n) is 5.41. The summed E-state index contributed by atoms with van der Waals surface area (Å²) in [4.78, 5) is 0. The van der Waals surface area contributed by atoms with Gasteiger partial charge in [0.25, 0.3) is 0 Å². The van der Waals surface area contributed by atoms with Crippen LogP contribution in [0.15, 0.2) is 104 Å². The fourth-order valence-corrected chi connectivity index (χ4v) is 5.41. The zero-order valence-corrected chi connectivity index (χ0v) is 21.5. The Hall–Kier alpha value is -3.98. The molecule has 0 aliphatic heterocycles. The van der Waals surface area contributed by atoms with E-state index in [0.29, 0.717) is 12.5 Å². The molecule has 1 atom stereocenters. The van der Waals surface area contributed by atoms with E-state index in [4.69, 9.17) is 14.2 Å². The Morgan fingerprint density at radius 1 is 0.784 bits per heavy atom. The van der Waals surface area contributed by atoms with Gasteiger partial charge in [0.05, 0.1) is 14.2 Å². The molecule has 5 rings (SSSR count). The Bertz CT molecular complexity index is 1330. The zero-order chi connectivity index (χ0) is 25.6. The Kier molecular flexibility index (Phi) is 7.60. The molecule has 187 valence electrons. The van der Waals surface area contributed by atoms with Crippen molar-refractivity contribution in [2.45, 2.75) is 24.7 Å². The van der Waals surface area contributed by atoms with E-state index in [1.54, 1.807) is 20.3 Å². The van der Waals surface area contributed by atoms with Crippen molar-refractivity contribution in [3.8, 4) is 28.4 Å². The molecule has 4 aromatic carbocycles. The van der Waals surface area contributed by atoms with Crippen LogP contribution in [-0.2, 0) is 6.42 Å². The van der Waals surface area contributed by atoms with Crippen molar-refractivity contribution in [2.24, 2.45) is 0 Å². The van der Waals surface area contributed by atoms with Crippen molar-refractivity contribution in [1.82, 2.24) is 0 Å². The first kappa shape index (κ1) is 24.7. The van der Waals surface area contributed by atoms with Gasteiger partial charge in [0.1, 0.15) is 12.4 Å². The predicted molar refractivity (Wildman–Crippen MR) is 151 cm³/mol. The maximum absolute atomic E-state index is 5.88. The van der Waals surface area contributed by atoms with Gasteiger partial charge < -0.3 is 14.2 Å². The van der Waals surface area contributed by atoms with Crippen LogP contribution in [0.5, 0.6) is 17.2 Å². The molecule has 0 fully saturated rings. The SMILES string of the molecule is C=CCOc1cccc(C([CH]Cc2ccc(OC)c(OC)c2)CC2c3ccccc3-c3ccccc32)c1. The Morgan fingerprint density at radius 3 is 2.16 bits per heavy atom. The molecule has 3 heteroatoms. The normalized spacial score (nSPS) is 12.9. The minimum Gasteiger partial charge on any atom is -0.493 e. The standard InChI is InChI=1S/C34H33O3/c1-4-20-37-27-11-9-10-25(22-27)26(18-16-24-17-19-33(35-2)34(21-24)36-3)23-32-30-14-7-5-12-28(30)29-13-6-8-15-31(29)32/h4-15,17-19,21-22,26,32H,1,16,20,23H2,2-3H3. The van der Waals surface area contributed by atoms with Crippen molar-refractivity contribution in [3.05, 3.63) is 132 Å². The molecule has 1 unspecified atom stereocenters. The lowest BCUT2D eigenvalue weighted by molar-refractivity contribution is 0.354. The topological polar surface area (TPSA) is 27.7 Å². The van der Waals surface area contributed by atoms with E-state index in [0.717, 1.165) is 30.1 Å². The highest BCUT2D eigenvalue weighted by molar-refractivity contribution is 5.78. The van der Waals surface area contributed by atoms with Gasteiger partial charge in [0.15, 0.2) is 11.5 Å². The van der Waals surface area contributed by atoms with Gasteiger partial charge in [-0.2, -0.15) is 0 Å². The molecular weight excluding hydrogens is 456 g/mol. The van der Waals surface area contributed by atoms with Gasteiger partial charge >= 0.3 is 0 Å². The molecule has 4 aromatic rings. The number of hydrogen-bond donors (Lipinski definition) is 0. The smallest absolute Gasteiger partial charge is 0.160 e. The molecule has 1 aliphatic carbocycles. The summed E-state index contributed by atoms with van der Waals surface area (Å²) in [7, 11) is 3.34. The number of hydrogen-bond acceptors (Lipinski definition) is 3. The van der Waals surface area contributed by atoms with Crippen LogP contribution in [0.1, 0.15) is 40.5 Å². The third kappa shape index (κ3) is 5.27. The Morgan fingerprint density at radius 2 is 1.49 bits per heavy atom. The summed E-state index contributed by atoms with van der Waals surface area (Å²) in [6.45, 7) is 4.28. The van der Waals surface area contributed by atoms with E-state index in [1.165, 1.54) is 33.4 Å². The van der Waals surface area contributed by atoms with Gasteiger partial charge in [-0.1, -0.05) is 79.4 Å². The number of methoxy groups -OCH3 is 2. The Balaban J connectivity index is 1.47. The highest BCUT2D eigenvalue weighted by atomic mass is 16.5. The van der Waals surface area contributed by atoms with Crippen LogP contribution in [0, 0.1) is 6.42 Å². The molecule has 0 heterocycles. The minimum atomic E-state index is 0.226. The van der Waals surface area contributed by atoms with E-state index in [2.05, 4.69) is 91.9 Å². The molecular formula is C34H33O3. The van der Waals surface area contributed by atoms with Crippen LogP contribution in [0.4, 0.5) is 0 Å². The second-order valence-corrected chi connectivity index (χ2v) is 9.37. The molecule has 0 spiro atoms. The monoisotopic (exact) mass is 489 g/mol. The number of ether oxygens (including phenoxy) is 3. The lowest BCUT2D eigenvalue weighted by atomic mass is 9.81. The summed E-state index contributed by atoms with van der Waals surface area (Å²) in [6.07, 6.45) is 6.00. The number of rotatable bonds is 11. The maximum Gasteiger partial charge on any atom is 0.160 e. The second kappa shape index (κ2) is 11.4. The minimum absolute atomic E-state index is 0.226. The molecule has 1 radical (unpaired) electrons. The third-order valence-corrected chi connectivity index (χ3v) is 7.19. The van der Waals surface area contributed by atoms with E-state index in [-0.39, 0.29) is 5.92 Å². The predicted octanol–water partition coefficient (Wildman–Crippen LogP) is 8.00. The Labute approximate surface area is 220 Å². The van der Waals surface area contributed by atoms with Crippen molar-refractivity contribution in [1.29, 1.82) is 0 Å². The highest BCUT2D eigenvalue weighted by Gasteiger charge is 2.30. The van der Waals surface area contributed by atoms with E-state index >= 15 is 0 Å². The van der Waals surface area contributed by atoms with Crippen molar-refractivity contribution < 1.29 is 14.2 Å². The van der Waals surface area contributed by atoms with Crippen LogP contribution in [0.25, 0.3) is 11.1 Å². The van der Waals surface area contributed by atoms with Gasteiger partial charge in [0.2, 0.25) is 0 Å². The van der Waals surface area contributed by atoms with Gasteiger partial charge in [-0.15, -0.1) is 0 Å². The third-order valence-electron chi connectivity index (χ3n) is 7.19. The van der Waals surface area contributed by atoms with Crippen LogP contribution in [-0.4, -0.2) is 20.8 Å². The van der Waals surface area contributed by atoms with Crippen molar-refractivity contribution in [3.63, 3.8) is 0 Å². The quantitative estimate of drug-likeness (QED) is 0.200. The van der Waals surface area contributed by atoms with E-state index < -0.39 is 0 Å². The second-order valence-electron chi connectivity index (χ2n) is 9.37. The largest absolute Gasteiger partial charge is 0.493 e. The first-order valence-corrected chi connectivity index (χ1v) is 12.8. The average Bonchev–Trinajstić information content (AvgIpc) is 3.27. The first-order valence-electron chi connectivity index (χ1n) is 12.8. The lowest BCUT2D eigenvalue weighted by Gasteiger charge is -2.23. The molecule has 3 nitrogen and oxygen atoms in total. The molecule has 0 bridgehead atoms. The zero-order valence-electron chi connectivity index (χ0n) is 21.5. The van der Waals surface area contributed by atoms with Gasteiger partial charge in [-0.25, -0.2) is 0 Å². The molecule has 1 aliphatic rings. The molecule has 0 aromatic heterocycles. The van der Waals surface area contributed by atoms with Crippen LogP contribution >= 0.6 is 0 Å². The van der Waals surface area contributed by atoms with Crippen LogP contribution < -0.4 is 14.2 Å². The summed E-state index contributed by atoms with van der Waals surface area (Å²) in [5.41, 5.74) is 7.96. The lowest BCUT2D eigenvalue weighted by Crippen LogP contribution is -2.09. The molecule has 0 saturated carbocycles. The molecule has 0 amide bonds. The maximum atomic E-state index is 5.88. The van der Waals surface area contributed by atoms with Crippen LogP contribution in [0.3, 0.4) is 0 Å². The average molecular weight is 490 g/mol. The molecule has 0 N–H and O–H groups in total. The van der Waals surface area contributed by atoms with Crippen molar-refractivity contribution >= 4 is 0 Å². The van der Waals surface area contributed by atoms with Gasteiger partial charge in [0, 0.05) is 5.92 Å². The summed E-state index contributed by atoms with van der Waals surface area (Å²) in [5.74, 6) is 2.92. The summed E-state index contributed by atoms with van der Waals surface area (Å²) in [5, 5.41) is 0. The molecule has 0 saturated heterocycles. The van der Waals surface area contributed by atoms with Gasteiger partial charge in [-0.05, 0) is 82.8 Å². The highest BCUT2D eigenvalue weighted by Crippen LogP contribution is 2.49. The van der Waals surface area contributed by atoms with E-state index in [9.17, 15) is 0 Å². The van der Waals surface area contributed by atoms with Crippen molar-refractivity contribution in [2.75, 3.05) is 20.8 Å². The van der Waals surface area contributed by atoms with Gasteiger partial charge in [-0.3, -0.25) is 0 Å². The van der Waals surface area contributed by atoms with E-state index in [1.807, 2.05) is 12.1 Å². The first-order chi connectivity index (χ1) is 18.2. The summed E-state index contributed by atoms with van der Waals surface area (Å²) < 4.78 is 16.9. The molecule has 37 heavy (non-hydrogen) atoms.